The van der Waals surface area contributed by atoms with E-state index in [-0.39, 0.29) is 23.7 Å². The molecule has 1 amide bonds. The van der Waals surface area contributed by atoms with Crippen LogP contribution in [0.25, 0.3) is 0 Å². The first-order valence-electron chi connectivity index (χ1n) is 10.2. The van der Waals surface area contributed by atoms with Gasteiger partial charge in [0.1, 0.15) is 12.3 Å². The predicted molar refractivity (Wildman–Crippen MR) is 107 cm³/mol. The first-order chi connectivity index (χ1) is 13.9. The number of nitrogens with one attached hydrogen (secondary N) is 1. The average Bonchev–Trinajstić information content (AvgIpc) is 2.69. The first-order valence-corrected chi connectivity index (χ1v) is 10.6. The van der Waals surface area contributed by atoms with Gasteiger partial charge < -0.3 is 14.8 Å². The van der Waals surface area contributed by atoms with Gasteiger partial charge in [0, 0.05) is 11.0 Å². The van der Waals surface area contributed by atoms with Crippen molar-refractivity contribution < 1.29 is 23.9 Å². The third-order valence-corrected chi connectivity index (χ3v) is 7.05. The summed E-state index contributed by atoms with van der Waals surface area (Å²) in [5.41, 5.74) is 0.0335. The lowest BCUT2D eigenvalue weighted by Gasteiger charge is -2.55. The molecule has 4 saturated carbocycles. The highest BCUT2D eigenvalue weighted by Gasteiger charge is 2.54. The van der Waals surface area contributed by atoms with Gasteiger partial charge >= 0.3 is 5.97 Å². The zero-order valence-corrected chi connectivity index (χ0v) is 17.3. The Labute approximate surface area is 175 Å². The second-order valence-corrected chi connectivity index (χ2v) is 9.22. The fourth-order valence-electron chi connectivity index (χ4n) is 5.85. The van der Waals surface area contributed by atoms with E-state index in [1.165, 1.54) is 32.4 Å². The molecule has 156 valence electrons. The van der Waals surface area contributed by atoms with Gasteiger partial charge in [-0.3, -0.25) is 14.4 Å². The van der Waals surface area contributed by atoms with E-state index in [0.29, 0.717) is 34.1 Å². The monoisotopic (exact) mass is 419 g/mol. The molecule has 5 rings (SSSR count). The molecule has 0 aromatic heterocycles. The van der Waals surface area contributed by atoms with Crippen molar-refractivity contribution in [2.45, 2.75) is 38.5 Å². The van der Waals surface area contributed by atoms with Crippen LogP contribution in [0, 0.1) is 23.2 Å². The van der Waals surface area contributed by atoms with Gasteiger partial charge in [-0.25, -0.2) is 0 Å². The van der Waals surface area contributed by atoms with Gasteiger partial charge in [-0.1, -0.05) is 11.6 Å². The molecule has 6 nitrogen and oxygen atoms in total. The van der Waals surface area contributed by atoms with Gasteiger partial charge in [0.05, 0.1) is 12.1 Å². The van der Waals surface area contributed by atoms with E-state index in [2.05, 4.69) is 5.32 Å². The fourth-order valence-corrected chi connectivity index (χ4v) is 6.11. The van der Waals surface area contributed by atoms with Crippen molar-refractivity contribution >= 4 is 29.3 Å². The number of hydrogen-bond donors (Lipinski definition) is 1. The van der Waals surface area contributed by atoms with E-state index in [0.717, 1.165) is 19.3 Å². The van der Waals surface area contributed by atoms with E-state index in [9.17, 15) is 14.4 Å². The Balaban J connectivity index is 1.25. The smallest absolute Gasteiger partial charge is 0.325 e. The van der Waals surface area contributed by atoms with Gasteiger partial charge in [-0.2, -0.15) is 0 Å². The number of halogens is 1. The lowest BCUT2D eigenvalue weighted by atomic mass is 9.49. The molecule has 0 spiro atoms. The molecule has 4 bridgehead atoms. The lowest BCUT2D eigenvalue weighted by molar-refractivity contribution is -0.150. The summed E-state index contributed by atoms with van der Waals surface area (Å²) in [7, 11) is 1.49. The Hall–Kier alpha value is -2.08. The minimum Gasteiger partial charge on any atom is -0.495 e. The van der Waals surface area contributed by atoms with Crippen LogP contribution in [0.5, 0.6) is 5.75 Å². The number of Topliss-reactive ketones (excluding diaryl/α,β-unsaturated/α-hetero) is 1. The van der Waals surface area contributed by atoms with Crippen molar-refractivity contribution in [3.63, 3.8) is 0 Å². The molecule has 4 aliphatic rings. The molecule has 1 aromatic rings. The number of esters is 1. The number of carbonyl (C=O) groups excluding carboxylic acids is 3. The molecule has 1 aromatic carbocycles. The quantitative estimate of drug-likeness (QED) is 0.541. The van der Waals surface area contributed by atoms with Crippen molar-refractivity contribution in [1.29, 1.82) is 0 Å². The maximum absolute atomic E-state index is 12.8. The molecule has 0 atom stereocenters. The van der Waals surface area contributed by atoms with Crippen molar-refractivity contribution in [1.82, 2.24) is 5.32 Å². The third-order valence-electron chi connectivity index (χ3n) is 6.75. The fraction of sp³-hybridized carbons (Fsp3) is 0.591. The van der Waals surface area contributed by atoms with Crippen LogP contribution in [0.15, 0.2) is 18.2 Å². The Morgan fingerprint density at radius 3 is 2.28 bits per heavy atom. The lowest BCUT2D eigenvalue weighted by Crippen LogP contribution is -2.54. The molecule has 0 unspecified atom stereocenters. The van der Waals surface area contributed by atoms with Gasteiger partial charge in [0.15, 0.2) is 12.4 Å². The van der Waals surface area contributed by atoms with Crippen LogP contribution < -0.4 is 10.1 Å². The normalized spacial score (nSPS) is 29.4. The average molecular weight is 420 g/mol. The maximum atomic E-state index is 12.8. The number of rotatable bonds is 7. The topological polar surface area (TPSA) is 81.7 Å². The van der Waals surface area contributed by atoms with E-state index < -0.39 is 12.6 Å². The zero-order chi connectivity index (χ0) is 20.6. The van der Waals surface area contributed by atoms with Crippen molar-refractivity contribution in [3.8, 4) is 5.75 Å². The molecule has 29 heavy (non-hydrogen) atoms. The number of benzene rings is 1. The van der Waals surface area contributed by atoms with Crippen LogP contribution in [0.4, 0.5) is 0 Å². The number of amides is 1. The molecular formula is C22H26ClNO5. The van der Waals surface area contributed by atoms with Crippen molar-refractivity contribution in [2.24, 2.45) is 23.2 Å². The molecule has 1 N–H and O–H groups in total. The van der Waals surface area contributed by atoms with Gasteiger partial charge in [0.25, 0.3) is 0 Å². The summed E-state index contributed by atoms with van der Waals surface area (Å²) in [4.78, 5) is 37.1. The standard InChI is InChI=1S/C22H26ClNO5/c1-28-19-3-2-16(7-17(19)23)18(25)12-29-20(26)11-24-21(27)22-8-13-4-14(9-22)6-15(5-13)10-22/h2-3,7,13-15H,4-6,8-12H2,1H3,(H,24,27). The van der Waals surface area contributed by atoms with Crippen LogP contribution in [-0.2, 0) is 14.3 Å². The summed E-state index contributed by atoms with van der Waals surface area (Å²) in [6.07, 6.45) is 6.59. The minimum atomic E-state index is -0.615. The molecule has 0 saturated heterocycles. The molecule has 0 radical (unpaired) electrons. The number of methoxy groups -OCH3 is 1. The number of ether oxygens (including phenoxy) is 2. The molecule has 0 heterocycles. The highest BCUT2D eigenvalue weighted by Crippen LogP contribution is 2.60. The highest BCUT2D eigenvalue weighted by molar-refractivity contribution is 6.32. The molecule has 0 aliphatic heterocycles. The van der Waals surface area contributed by atoms with Crippen molar-refractivity contribution in [3.05, 3.63) is 28.8 Å². The van der Waals surface area contributed by atoms with Crippen molar-refractivity contribution in [2.75, 3.05) is 20.3 Å². The third kappa shape index (κ3) is 4.13. The van der Waals surface area contributed by atoms with Crippen LogP contribution in [0.1, 0.15) is 48.9 Å². The van der Waals surface area contributed by atoms with Crippen LogP contribution in [-0.4, -0.2) is 37.9 Å². The van der Waals surface area contributed by atoms with Gasteiger partial charge in [-0.05, 0) is 74.5 Å². The Kier molecular flexibility index (Phi) is 5.56. The number of hydrogen-bond acceptors (Lipinski definition) is 5. The number of ketones is 1. The maximum Gasteiger partial charge on any atom is 0.325 e. The molecule has 4 aliphatic carbocycles. The highest BCUT2D eigenvalue weighted by atomic mass is 35.5. The SMILES string of the molecule is COc1ccc(C(=O)COC(=O)CNC(=O)C23CC4CC(CC(C4)C2)C3)cc1Cl. The predicted octanol–water partition coefficient (Wildman–Crippen LogP) is 3.41. The van der Waals surface area contributed by atoms with Crippen LogP contribution >= 0.6 is 11.6 Å². The summed E-state index contributed by atoms with van der Waals surface area (Å²) in [6.45, 7) is -0.605. The molecule has 4 fully saturated rings. The van der Waals surface area contributed by atoms with Gasteiger partial charge in [0.2, 0.25) is 5.91 Å². The number of carbonyl (C=O) groups is 3. The Bertz CT molecular complexity index is 801. The zero-order valence-electron chi connectivity index (χ0n) is 16.5. The summed E-state index contributed by atoms with van der Waals surface area (Å²) < 4.78 is 10.1. The van der Waals surface area contributed by atoms with E-state index in [4.69, 9.17) is 21.1 Å². The van der Waals surface area contributed by atoms with E-state index in [1.807, 2.05) is 0 Å². The minimum absolute atomic E-state index is 0.0261. The Morgan fingerprint density at radius 2 is 1.72 bits per heavy atom. The molecular weight excluding hydrogens is 394 g/mol. The van der Waals surface area contributed by atoms with Gasteiger partial charge in [-0.15, -0.1) is 0 Å². The summed E-state index contributed by atoms with van der Waals surface area (Å²) >= 11 is 6.02. The van der Waals surface area contributed by atoms with E-state index in [1.54, 1.807) is 12.1 Å². The first kappa shape index (κ1) is 20.2. The summed E-state index contributed by atoms with van der Waals surface area (Å²) in [5.74, 6) is 1.44. The van der Waals surface area contributed by atoms with Crippen LogP contribution in [0.2, 0.25) is 5.02 Å². The second-order valence-electron chi connectivity index (χ2n) is 8.81. The van der Waals surface area contributed by atoms with E-state index >= 15 is 0 Å². The van der Waals surface area contributed by atoms with Crippen LogP contribution in [0.3, 0.4) is 0 Å². The summed E-state index contributed by atoms with van der Waals surface area (Å²) in [5, 5.41) is 3.08. The molecule has 7 heteroatoms. The largest absolute Gasteiger partial charge is 0.495 e. The summed E-state index contributed by atoms with van der Waals surface area (Å²) in [6, 6.07) is 4.63. The Morgan fingerprint density at radius 1 is 1.10 bits per heavy atom. The second kappa shape index (κ2) is 7.98.